The average Bonchev–Trinajstić information content (AvgIpc) is 2.91. The van der Waals surface area contributed by atoms with Crippen molar-refractivity contribution in [2.45, 2.75) is 90.7 Å². The van der Waals surface area contributed by atoms with Crippen LogP contribution in [0.25, 0.3) is 0 Å². The molecule has 0 radical (unpaired) electrons. The lowest BCUT2D eigenvalue weighted by Gasteiger charge is -2.39. The fraction of sp³-hybridized carbons (Fsp3) is 0.483. The zero-order valence-corrected chi connectivity index (χ0v) is 22.8. The number of unbranched alkanes of at least 4 members (excludes halogenated alkanes) is 2. The lowest BCUT2D eigenvalue weighted by atomic mass is 9.77. The minimum absolute atomic E-state index is 0.00955. The summed E-state index contributed by atoms with van der Waals surface area (Å²) in [7, 11) is 0. The van der Waals surface area contributed by atoms with E-state index in [1.165, 1.54) is 32.9 Å². The first kappa shape index (κ1) is 29.6. The molecule has 5 N–H and O–H groups in total. The lowest BCUT2D eigenvalue weighted by molar-refractivity contribution is -0.268. The van der Waals surface area contributed by atoms with E-state index in [2.05, 4.69) is 0 Å². The van der Waals surface area contributed by atoms with Crippen molar-refractivity contribution in [1.82, 2.24) is 0 Å². The maximum atomic E-state index is 14.0. The molecule has 0 spiro atoms. The largest absolute Gasteiger partial charge is 0.507 e. The zero-order valence-electron chi connectivity index (χ0n) is 22.8. The Kier molecular flexibility index (Phi) is 8.62. The Labute approximate surface area is 230 Å². The standard InChI is InChI=1S/C29H34O11/c1-5-6-7-8-17-20-21(22(32)12(2)28(17)40-29-27(37)26(36)23(33)13(3)38-29)25(35)19-15(11-30)9-16(39-14(4)31)10-18(19)24(20)34/h9-10,13,23,26-27,29-30,32-33,36-37H,5-8,11H2,1-4H3. The van der Waals surface area contributed by atoms with Crippen LogP contribution in [0.15, 0.2) is 12.1 Å². The van der Waals surface area contributed by atoms with Gasteiger partial charge in [-0.3, -0.25) is 14.4 Å². The molecule has 11 nitrogen and oxygen atoms in total. The van der Waals surface area contributed by atoms with Gasteiger partial charge in [0.2, 0.25) is 6.29 Å². The molecular weight excluding hydrogens is 524 g/mol. The summed E-state index contributed by atoms with van der Waals surface area (Å²) in [5.41, 5.74) is -0.0745. The number of hydrogen-bond acceptors (Lipinski definition) is 11. The summed E-state index contributed by atoms with van der Waals surface area (Å²) < 4.78 is 16.7. The Balaban J connectivity index is 1.92. The summed E-state index contributed by atoms with van der Waals surface area (Å²) in [6.07, 6.45) is -4.44. The van der Waals surface area contributed by atoms with Gasteiger partial charge in [-0.15, -0.1) is 0 Å². The van der Waals surface area contributed by atoms with Crippen molar-refractivity contribution < 1.29 is 54.1 Å². The summed E-state index contributed by atoms with van der Waals surface area (Å²) in [6.45, 7) is 5.53. The second kappa shape index (κ2) is 11.6. The van der Waals surface area contributed by atoms with E-state index in [1.807, 2.05) is 6.92 Å². The highest BCUT2D eigenvalue weighted by Gasteiger charge is 2.45. The number of carbonyl (C=O) groups is 3. The summed E-state index contributed by atoms with van der Waals surface area (Å²) in [5, 5.41) is 52.1. The van der Waals surface area contributed by atoms with Crippen molar-refractivity contribution in [2.75, 3.05) is 0 Å². The van der Waals surface area contributed by atoms with Crippen LogP contribution in [0.1, 0.15) is 88.6 Å². The second-order valence-electron chi connectivity index (χ2n) is 10.2. The number of esters is 1. The average molecular weight is 559 g/mol. The molecule has 216 valence electrons. The Hall–Kier alpha value is -3.35. The molecule has 5 unspecified atom stereocenters. The van der Waals surface area contributed by atoms with Crippen LogP contribution in [0.4, 0.5) is 0 Å². The molecule has 11 heteroatoms. The third-order valence-corrected chi connectivity index (χ3v) is 7.38. The molecule has 0 bridgehead atoms. The molecule has 1 aliphatic carbocycles. The van der Waals surface area contributed by atoms with E-state index in [9.17, 15) is 39.9 Å². The van der Waals surface area contributed by atoms with Gasteiger partial charge in [0.05, 0.1) is 18.3 Å². The van der Waals surface area contributed by atoms with Gasteiger partial charge in [0.25, 0.3) is 0 Å². The van der Waals surface area contributed by atoms with Crippen LogP contribution in [0.5, 0.6) is 17.2 Å². The molecule has 1 aliphatic heterocycles. The van der Waals surface area contributed by atoms with E-state index < -0.39 is 60.6 Å². The minimum Gasteiger partial charge on any atom is -0.507 e. The summed E-state index contributed by atoms with van der Waals surface area (Å²) in [5.74, 6) is -2.52. The van der Waals surface area contributed by atoms with Crippen LogP contribution in [0.2, 0.25) is 0 Å². The van der Waals surface area contributed by atoms with Gasteiger partial charge in [0, 0.05) is 34.7 Å². The first-order chi connectivity index (χ1) is 18.9. The van der Waals surface area contributed by atoms with Gasteiger partial charge in [-0.2, -0.15) is 0 Å². The van der Waals surface area contributed by atoms with E-state index in [-0.39, 0.29) is 51.3 Å². The number of benzene rings is 2. The topological polar surface area (TPSA) is 180 Å². The number of aliphatic hydroxyl groups is 4. The number of phenols is 1. The van der Waals surface area contributed by atoms with Gasteiger partial charge in [-0.05, 0) is 44.4 Å². The molecule has 0 aromatic heterocycles. The summed E-state index contributed by atoms with van der Waals surface area (Å²) >= 11 is 0. The molecule has 2 aromatic rings. The van der Waals surface area contributed by atoms with Gasteiger partial charge in [0.15, 0.2) is 11.6 Å². The molecule has 40 heavy (non-hydrogen) atoms. The SMILES string of the molecule is CCCCCc1c(OC2OC(C)C(O)C(O)C2O)c(C)c(O)c2c1C(=O)c1cc(OC(C)=O)cc(CO)c1C2=O. The molecule has 2 aliphatic rings. The van der Waals surface area contributed by atoms with Crippen molar-refractivity contribution in [1.29, 1.82) is 0 Å². The number of aliphatic hydroxyl groups excluding tert-OH is 4. The highest BCUT2D eigenvalue weighted by Crippen LogP contribution is 2.45. The van der Waals surface area contributed by atoms with Crippen molar-refractivity contribution in [2.24, 2.45) is 0 Å². The highest BCUT2D eigenvalue weighted by atomic mass is 16.7. The molecule has 0 saturated carbocycles. The molecule has 0 amide bonds. The van der Waals surface area contributed by atoms with Crippen LogP contribution in [-0.2, 0) is 22.6 Å². The first-order valence-corrected chi connectivity index (χ1v) is 13.2. The van der Waals surface area contributed by atoms with Crippen molar-refractivity contribution in [3.63, 3.8) is 0 Å². The second-order valence-corrected chi connectivity index (χ2v) is 10.2. The molecule has 1 fully saturated rings. The summed E-state index contributed by atoms with van der Waals surface area (Å²) in [4.78, 5) is 39.4. The predicted molar refractivity (Wildman–Crippen MR) is 140 cm³/mol. The van der Waals surface area contributed by atoms with E-state index >= 15 is 0 Å². The highest BCUT2D eigenvalue weighted by molar-refractivity contribution is 6.30. The maximum absolute atomic E-state index is 14.0. The lowest BCUT2D eigenvalue weighted by Crippen LogP contribution is -2.58. The van der Waals surface area contributed by atoms with E-state index in [4.69, 9.17) is 14.2 Å². The number of ketones is 2. The molecule has 1 heterocycles. The van der Waals surface area contributed by atoms with Gasteiger partial charge in [-0.25, -0.2) is 0 Å². The number of aromatic hydroxyl groups is 1. The normalized spacial score (nSPS) is 23.9. The molecule has 4 rings (SSSR count). The molecule has 1 saturated heterocycles. The van der Waals surface area contributed by atoms with Crippen LogP contribution in [-0.4, -0.2) is 73.8 Å². The van der Waals surface area contributed by atoms with Crippen LogP contribution in [0, 0.1) is 6.92 Å². The first-order valence-electron chi connectivity index (χ1n) is 13.2. The fourth-order valence-corrected chi connectivity index (χ4v) is 5.28. The minimum atomic E-state index is -1.65. The van der Waals surface area contributed by atoms with Crippen LogP contribution < -0.4 is 9.47 Å². The third kappa shape index (κ3) is 5.11. The van der Waals surface area contributed by atoms with E-state index in [0.717, 1.165) is 12.8 Å². The Morgan fingerprint density at radius 2 is 1.70 bits per heavy atom. The van der Waals surface area contributed by atoms with E-state index in [1.54, 1.807) is 0 Å². The van der Waals surface area contributed by atoms with Crippen molar-refractivity contribution in [3.05, 3.63) is 51.1 Å². The number of rotatable bonds is 8. The third-order valence-electron chi connectivity index (χ3n) is 7.38. The fourth-order valence-electron chi connectivity index (χ4n) is 5.28. The Bertz CT molecular complexity index is 1350. The van der Waals surface area contributed by atoms with Gasteiger partial charge < -0.3 is 39.7 Å². The number of hydrogen-bond donors (Lipinski definition) is 5. The molecule has 2 aromatic carbocycles. The number of fused-ring (bicyclic) bond motifs is 2. The van der Waals surface area contributed by atoms with Crippen LogP contribution >= 0.6 is 0 Å². The maximum Gasteiger partial charge on any atom is 0.308 e. The number of phenolic OH excluding ortho intramolecular Hbond substituents is 1. The van der Waals surface area contributed by atoms with Gasteiger partial charge in [-0.1, -0.05) is 19.8 Å². The van der Waals surface area contributed by atoms with Crippen molar-refractivity contribution >= 4 is 17.5 Å². The van der Waals surface area contributed by atoms with Gasteiger partial charge >= 0.3 is 5.97 Å². The van der Waals surface area contributed by atoms with Crippen LogP contribution in [0.3, 0.4) is 0 Å². The molecule has 5 atom stereocenters. The van der Waals surface area contributed by atoms with Crippen molar-refractivity contribution in [3.8, 4) is 17.2 Å². The Morgan fingerprint density at radius 3 is 2.33 bits per heavy atom. The van der Waals surface area contributed by atoms with E-state index in [0.29, 0.717) is 12.0 Å². The zero-order chi connectivity index (χ0) is 29.5. The monoisotopic (exact) mass is 558 g/mol. The number of carbonyl (C=O) groups excluding carboxylic acids is 3. The molecular formula is C29H34O11. The Morgan fingerprint density at radius 1 is 1.00 bits per heavy atom. The smallest absolute Gasteiger partial charge is 0.308 e. The summed E-state index contributed by atoms with van der Waals surface area (Å²) in [6, 6.07) is 2.54. The predicted octanol–water partition coefficient (Wildman–Crippen LogP) is 1.83. The quantitative estimate of drug-likeness (QED) is 0.155. The number of ether oxygens (including phenoxy) is 3. The van der Waals surface area contributed by atoms with Gasteiger partial charge in [0.1, 0.15) is 35.6 Å².